The van der Waals surface area contributed by atoms with E-state index in [1.54, 1.807) is 25.7 Å². The molecule has 4 nitrogen and oxygen atoms in total. The second-order valence-corrected chi connectivity index (χ2v) is 6.19. The van der Waals surface area contributed by atoms with Crippen LogP contribution in [0.15, 0.2) is 24.3 Å². The first-order chi connectivity index (χ1) is 7.44. The second kappa shape index (κ2) is 5.28. The molecule has 0 fully saturated rings. The quantitative estimate of drug-likeness (QED) is 0.806. The van der Waals surface area contributed by atoms with Gasteiger partial charge in [-0.2, -0.15) is 0 Å². The van der Waals surface area contributed by atoms with Crippen molar-refractivity contribution in [2.45, 2.75) is 13.1 Å². The number of carboxylic acids is 1. The molecular formula is C11H15O4P. The number of hydrogen-bond acceptors (Lipinski definition) is 3. The molecule has 1 aromatic carbocycles. The molecule has 1 rings (SSSR count). The highest BCUT2D eigenvalue weighted by molar-refractivity contribution is 7.57. The second-order valence-electron chi connectivity index (χ2n) is 3.59. The van der Waals surface area contributed by atoms with Crippen molar-refractivity contribution in [3.05, 3.63) is 35.4 Å². The van der Waals surface area contributed by atoms with Crippen LogP contribution in [0.25, 0.3) is 0 Å². The Hall–Kier alpha value is -1.12. The standard InChI is InChI=1S/C11H15O4P/c1-3-15-16(2,14)8-9-4-6-10(7-5-9)11(12)13/h4-7H,3,8H2,1-2H3,(H,12,13). The van der Waals surface area contributed by atoms with E-state index < -0.39 is 13.3 Å². The largest absolute Gasteiger partial charge is 0.478 e. The molecule has 0 aliphatic rings. The van der Waals surface area contributed by atoms with E-state index in [1.807, 2.05) is 0 Å². The van der Waals surface area contributed by atoms with Crippen molar-refractivity contribution in [1.82, 2.24) is 0 Å². The average Bonchev–Trinajstić information content (AvgIpc) is 2.17. The Kier molecular flexibility index (Phi) is 4.27. The fourth-order valence-electron chi connectivity index (χ4n) is 1.40. The molecule has 0 saturated heterocycles. The average molecular weight is 242 g/mol. The van der Waals surface area contributed by atoms with Crippen molar-refractivity contribution in [3.8, 4) is 0 Å². The third-order valence-electron chi connectivity index (χ3n) is 2.07. The van der Waals surface area contributed by atoms with Gasteiger partial charge >= 0.3 is 5.97 Å². The zero-order chi connectivity index (χ0) is 12.2. The number of carbonyl (C=O) groups is 1. The van der Waals surface area contributed by atoms with Crippen LogP contribution in [0.2, 0.25) is 0 Å². The number of rotatable bonds is 5. The Labute approximate surface area is 94.7 Å². The van der Waals surface area contributed by atoms with Gasteiger partial charge in [-0.25, -0.2) is 4.79 Å². The molecule has 1 atom stereocenters. The molecule has 0 aliphatic heterocycles. The number of hydrogen-bond donors (Lipinski definition) is 1. The fourth-order valence-corrected chi connectivity index (χ4v) is 2.91. The van der Waals surface area contributed by atoms with Crippen LogP contribution >= 0.6 is 7.37 Å². The molecule has 0 spiro atoms. The van der Waals surface area contributed by atoms with Crippen LogP contribution < -0.4 is 0 Å². The molecule has 88 valence electrons. The van der Waals surface area contributed by atoms with Crippen LogP contribution in [0.3, 0.4) is 0 Å². The molecule has 1 unspecified atom stereocenters. The molecule has 1 N–H and O–H groups in total. The van der Waals surface area contributed by atoms with Crippen LogP contribution in [0, 0.1) is 0 Å². The summed E-state index contributed by atoms with van der Waals surface area (Å²) in [5.41, 5.74) is 1.05. The van der Waals surface area contributed by atoms with Crippen molar-refractivity contribution >= 4 is 13.3 Å². The molecule has 0 saturated carbocycles. The van der Waals surface area contributed by atoms with Gasteiger partial charge in [-0.3, -0.25) is 4.57 Å². The van der Waals surface area contributed by atoms with Gasteiger partial charge in [0.1, 0.15) is 0 Å². The lowest BCUT2D eigenvalue weighted by Crippen LogP contribution is -1.97. The first kappa shape index (κ1) is 12.9. The molecule has 0 radical (unpaired) electrons. The highest BCUT2D eigenvalue weighted by Gasteiger charge is 2.15. The Balaban J connectivity index is 2.76. The van der Waals surface area contributed by atoms with Gasteiger partial charge in [0.25, 0.3) is 0 Å². The smallest absolute Gasteiger partial charge is 0.335 e. The monoisotopic (exact) mass is 242 g/mol. The maximum absolute atomic E-state index is 11.9. The zero-order valence-corrected chi connectivity index (χ0v) is 10.2. The predicted molar refractivity (Wildman–Crippen MR) is 62.3 cm³/mol. The number of benzene rings is 1. The first-order valence-corrected chi connectivity index (χ1v) is 7.23. The lowest BCUT2D eigenvalue weighted by Gasteiger charge is -2.12. The zero-order valence-electron chi connectivity index (χ0n) is 9.34. The highest BCUT2D eigenvalue weighted by Crippen LogP contribution is 2.45. The first-order valence-electron chi connectivity index (χ1n) is 4.98. The van der Waals surface area contributed by atoms with Crippen molar-refractivity contribution in [2.24, 2.45) is 0 Å². The van der Waals surface area contributed by atoms with Gasteiger partial charge < -0.3 is 9.63 Å². The molecular weight excluding hydrogens is 227 g/mol. The van der Waals surface area contributed by atoms with Gasteiger partial charge in [0.15, 0.2) is 0 Å². The van der Waals surface area contributed by atoms with Crippen molar-refractivity contribution in [2.75, 3.05) is 13.3 Å². The summed E-state index contributed by atoms with van der Waals surface area (Å²) in [5, 5.41) is 8.71. The summed E-state index contributed by atoms with van der Waals surface area (Å²) in [6.45, 7) is 3.80. The van der Waals surface area contributed by atoms with E-state index in [-0.39, 0.29) is 5.56 Å². The molecule has 0 heterocycles. The lowest BCUT2D eigenvalue weighted by atomic mass is 10.1. The Morgan fingerprint density at radius 2 is 1.94 bits per heavy atom. The van der Waals surface area contributed by atoms with Gasteiger partial charge in [-0.05, 0) is 24.6 Å². The van der Waals surface area contributed by atoms with Crippen molar-refractivity contribution in [3.63, 3.8) is 0 Å². The summed E-state index contributed by atoms with van der Waals surface area (Å²) >= 11 is 0. The van der Waals surface area contributed by atoms with Crippen molar-refractivity contribution in [1.29, 1.82) is 0 Å². The third-order valence-corrected chi connectivity index (χ3v) is 3.82. The minimum atomic E-state index is -2.60. The van der Waals surface area contributed by atoms with Crippen LogP contribution in [-0.4, -0.2) is 24.3 Å². The molecule has 0 bridgehead atoms. The number of aromatic carboxylic acids is 1. The van der Waals surface area contributed by atoms with Crippen LogP contribution in [0.1, 0.15) is 22.8 Å². The van der Waals surface area contributed by atoms with E-state index in [1.165, 1.54) is 12.1 Å². The SMILES string of the molecule is CCOP(C)(=O)Cc1ccc(C(=O)O)cc1. The summed E-state index contributed by atoms with van der Waals surface area (Å²) in [7, 11) is -2.60. The van der Waals surface area contributed by atoms with E-state index in [2.05, 4.69) is 0 Å². The van der Waals surface area contributed by atoms with Crippen LogP contribution in [0.5, 0.6) is 0 Å². The molecule has 1 aromatic rings. The molecule has 16 heavy (non-hydrogen) atoms. The minimum Gasteiger partial charge on any atom is -0.478 e. The topological polar surface area (TPSA) is 63.6 Å². The predicted octanol–water partition coefficient (Wildman–Crippen LogP) is 2.83. The summed E-state index contributed by atoms with van der Waals surface area (Å²) in [5.74, 6) is -0.962. The Morgan fingerprint density at radius 3 is 2.38 bits per heavy atom. The van der Waals surface area contributed by atoms with Gasteiger partial charge in [0, 0.05) is 12.8 Å². The number of carboxylic acid groups (broad SMARTS) is 1. The Bertz CT molecular complexity index is 410. The van der Waals surface area contributed by atoms with E-state index in [4.69, 9.17) is 9.63 Å². The molecule has 0 aliphatic carbocycles. The molecule has 0 amide bonds. The maximum Gasteiger partial charge on any atom is 0.335 e. The van der Waals surface area contributed by atoms with Gasteiger partial charge in [-0.15, -0.1) is 0 Å². The molecule has 5 heteroatoms. The molecule has 0 aromatic heterocycles. The minimum absolute atomic E-state index is 0.228. The van der Waals surface area contributed by atoms with E-state index in [9.17, 15) is 9.36 Å². The van der Waals surface area contributed by atoms with Crippen LogP contribution in [-0.2, 0) is 15.3 Å². The Morgan fingerprint density at radius 1 is 1.38 bits per heavy atom. The van der Waals surface area contributed by atoms with E-state index >= 15 is 0 Å². The van der Waals surface area contributed by atoms with Gasteiger partial charge in [-0.1, -0.05) is 12.1 Å². The lowest BCUT2D eigenvalue weighted by molar-refractivity contribution is 0.0697. The van der Waals surface area contributed by atoms with Crippen LogP contribution in [0.4, 0.5) is 0 Å². The summed E-state index contributed by atoms with van der Waals surface area (Å²) in [6, 6.07) is 6.34. The summed E-state index contributed by atoms with van der Waals surface area (Å²) < 4.78 is 17.0. The normalized spacial score (nSPS) is 14.4. The van der Waals surface area contributed by atoms with Crippen molar-refractivity contribution < 1.29 is 19.0 Å². The summed E-state index contributed by atoms with van der Waals surface area (Å²) in [4.78, 5) is 10.6. The third kappa shape index (κ3) is 3.80. The van der Waals surface area contributed by atoms with E-state index in [0.717, 1.165) is 5.56 Å². The van der Waals surface area contributed by atoms with Gasteiger partial charge in [0.2, 0.25) is 7.37 Å². The summed E-state index contributed by atoms with van der Waals surface area (Å²) in [6.07, 6.45) is 0.334. The highest BCUT2D eigenvalue weighted by atomic mass is 31.2. The van der Waals surface area contributed by atoms with Gasteiger partial charge in [0.05, 0.1) is 12.2 Å². The maximum atomic E-state index is 11.9. The van der Waals surface area contributed by atoms with E-state index in [0.29, 0.717) is 12.8 Å². The fraction of sp³-hybridized carbons (Fsp3) is 0.364.